The average molecular weight is 491 g/mol. The fourth-order valence-corrected chi connectivity index (χ4v) is 5.79. The number of nitrogens with zero attached hydrogens (tertiary/aromatic N) is 4. The van der Waals surface area contributed by atoms with Crippen molar-refractivity contribution in [2.45, 2.75) is 62.9 Å². The van der Waals surface area contributed by atoms with Gasteiger partial charge in [0.1, 0.15) is 12.0 Å². The summed E-state index contributed by atoms with van der Waals surface area (Å²) in [4.78, 5) is -0.538. The molecular weight excluding hydrogens is 462 g/mol. The molecule has 0 bridgehead atoms. The highest BCUT2D eigenvalue weighted by Crippen LogP contribution is 2.31. The molecular formula is C23H28F2N6O2S. The van der Waals surface area contributed by atoms with E-state index in [0.717, 1.165) is 41.0 Å². The molecule has 1 aromatic heterocycles. The van der Waals surface area contributed by atoms with Gasteiger partial charge in [0.15, 0.2) is 11.6 Å². The minimum Gasteiger partial charge on any atom is -0.308 e. The lowest BCUT2D eigenvalue weighted by Gasteiger charge is -2.24. The summed E-state index contributed by atoms with van der Waals surface area (Å²) in [6.45, 7) is 4.11. The van der Waals surface area contributed by atoms with Crippen molar-refractivity contribution < 1.29 is 17.2 Å². The van der Waals surface area contributed by atoms with E-state index in [0.29, 0.717) is 5.69 Å². The first-order valence-corrected chi connectivity index (χ1v) is 12.8. The molecule has 1 aliphatic rings. The minimum absolute atomic E-state index is 0.133. The van der Waals surface area contributed by atoms with E-state index in [1.54, 1.807) is 12.1 Å². The zero-order valence-electron chi connectivity index (χ0n) is 19.1. The number of sulfonamides is 1. The van der Waals surface area contributed by atoms with Gasteiger partial charge in [-0.25, -0.2) is 17.2 Å². The second kappa shape index (κ2) is 10.1. The van der Waals surface area contributed by atoms with Gasteiger partial charge in [0, 0.05) is 12.1 Å². The van der Waals surface area contributed by atoms with Gasteiger partial charge in [0.2, 0.25) is 0 Å². The Kier molecular flexibility index (Phi) is 7.22. The Bertz CT molecular complexity index is 1210. The molecule has 1 heterocycles. The Labute approximate surface area is 197 Å². The normalized spacial score (nSPS) is 16.5. The first-order chi connectivity index (χ1) is 16.2. The van der Waals surface area contributed by atoms with E-state index in [1.807, 2.05) is 19.1 Å². The number of para-hydroxylation sites is 1. The Morgan fingerprint density at radius 1 is 1.12 bits per heavy atom. The van der Waals surface area contributed by atoms with Crippen LogP contribution in [0.3, 0.4) is 0 Å². The number of anilines is 1. The molecule has 0 aliphatic heterocycles. The Morgan fingerprint density at radius 2 is 1.79 bits per heavy atom. The number of hydrogen-bond donors (Lipinski definition) is 2. The van der Waals surface area contributed by atoms with E-state index in [2.05, 4.69) is 32.5 Å². The second-order valence-corrected chi connectivity index (χ2v) is 10.5. The maximum Gasteiger partial charge on any atom is 0.262 e. The van der Waals surface area contributed by atoms with Gasteiger partial charge >= 0.3 is 0 Å². The largest absolute Gasteiger partial charge is 0.308 e. The summed E-state index contributed by atoms with van der Waals surface area (Å²) in [5, 5.41) is 13.7. The number of halogens is 2. The van der Waals surface area contributed by atoms with Crippen molar-refractivity contribution in [3.8, 4) is 5.69 Å². The quantitative estimate of drug-likeness (QED) is 0.462. The smallest absolute Gasteiger partial charge is 0.262 e. The molecule has 0 amide bonds. The van der Waals surface area contributed by atoms with Gasteiger partial charge in [0.25, 0.3) is 10.0 Å². The molecule has 2 aromatic carbocycles. The minimum atomic E-state index is -4.27. The summed E-state index contributed by atoms with van der Waals surface area (Å²) < 4.78 is 58.5. The van der Waals surface area contributed by atoms with Crippen molar-refractivity contribution in [1.29, 1.82) is 0 Å². The van der Waals surface area contributed by atoms with Crippen molar-refractivity contribution in [3.63, 3.8) is 0 Å². The molecule has 2 atom stereocenters. The molecule has 0 saturated heterocycles. The van der Waals surface area contributed by atoms with Crippen molar-refractivity contribution >= 4 is 15.7 Å². The van der Waals surface area contributed by atoms with E-state index < -0.39 is 32.2 Å². The number of rotatable bonds is 9. The van der Waals surface area contributed by atoms with E-state index in [9.17, 15) is 17.2 Å². The van der Waals surface area contributed by atoms with Crippen LogP contribution in [0.2, 0.25) is 0 Å². The number of aromatic nitrogens is 4. The summed E-state index contributed by atoms with van der Waals surface area (Å²) in [5.41, 5.74) is 0.537. The summed E-state index contributed by atoms with van der Waals surface area (Å²) in [5.74, 6) is -1.47. The van der Waals surface area contributed by atoms with E-state index in [-0.39, 0.29) is 12.1 Å². The lowest BCUT2D eigenvalue weighted by molar-refractivity contribution is 0.380. The van der Waals surface area contributed by atoms with Crippen LogP contribution >= 0.6 is 0 Å². The van der Waals surface area contributed by atoms with Crippen molar-refractivity contribution in [3.05, 3.63) is 59.9 Å². The van der Waals surface area contributed by atoms with Gasteiger partial charge in [-0.3, -0.25) is 4.72 Å². The monoisotopic (exact) mass is 490 g/mol. The molecule has 0 radical (unpaired) electrons. The third kappa shape index (κ3) is 5.41. The molecule has 8 nitrogen and oxygen atoms in total. The summed E-state index contributed by atoms with van der Waals surface area (Å²) in [7, 11) is -4.27. The van der Waals surface area contributed by atoms with Crippen LogP contribution in [-0.4, -0.2) is 34.7 Å². The molecule has 3 aromatic rings. The lowest BCUT2D eigenvalue weighted by Crippen LogP contribution is -2.31. The van der Waals surface area contributed by atoms with Crippen LogP contribution in [0.5, 0.6) is 0 Å². The van der Waals surface area contributed by atoms with Crippen LogP contribution in [-0.2, 0) is 10.0 Å². The SMILES string of the molecule is CC(N[C@@H](C)CC1CCCC1)c1ccccc1NS(=O)(=O)c1cc(F)c(-n2cnnn2)c(F)c1. The fraction of sp³-hybridized carbons (Fsp3) is 0.435. The molecule has 1 saturated carbocycles. The van der Waals surface area contributed by atoms with Crippen LogP contribution < -0.4 is 10.0 Å². The maximum atomic E-state index is 14.6. The highest BCUT2D eigenvalue weighted by Gasteiger charge is 2.24. The number of benzene rings is 2. The Balaban J connectivity index is 1.53. The van der Waals surface area contributed by atoms with Gasteiger partial charge in [-0.2, -0.15) is 4.68 Å². The first kappa shape index (κ1) is 24.2. The number of nitrogens with one attached hydrogen (secondary N) is 2. The van der Waals surface area contributed by atoms with Crippen molar-refractivity contribution in [1.82, 2.24) is 25.5 Å². The summed E-state index contributed by atoms with van der Waals surface area (Å²) in [6.07, 6.45) is 7.19. The van der Waals surface area contributed by atoms with Crippen LogP contribution in [0.15, 0.2) is 47.6 Å². The fourth-order valence-electron chi connectivity index (χ4n) is 4.68. The van der Waals surface area contributed by atoms with E-state index in [1.165, 1.54) is 25.7 Å². The Morgan fingerprint density at radius 3 is 2.44 bits per heavy atom. The van der Waals surface area contributed by atoms with Crippen molar-refractivity contribution in [2.75, 3.05) is 4.72 Å². The molecule has 1 fully saturated rings. The zero-order chi connectivity index (χ0) is 24.3. The zero-order valence-corrected chi connectivity index (χ0v) is 19.9. The predicted octanol–water partition coefficient (Wildman–Crippen LogP) is 4.36. The highest BCUT2D eigenvalue weighted by atomic mass is 32.2. The molecule has 34 heavy (non-hydrogen) atoms. The van der Waals surface area contributed by atoms with Crippen LogP contribution in [0.1, 0.15) is 57.6 Å². The third-order valence-corrected chi connectivity index (χ3v) is 7.59. The Hall–Kier alpha value is -2.92. The molecule has 182 valence electrons. The van der Waals surface area contributed by atoms with E-state index in [4.69, 9.17) is 0 Å². The van der Waals surface area contributed by atoms with Crippen LogP contribution in [0, 0.1) is 17.6 Å². The van der Waals surface area contributed by atoms with Crippen LogP contribution in [0.4, 0.5) is 14.5 Å². The number of hydrogen-bond acceptors (Lipinski definition) is 6. The third-order valence-electron chi connectivity index (χ3n) is 6.25. The molecule has 4 rings (SSSR count). The van der Waals surface area contributed by atoms with Gasteiger partial charge in [-0.1, -0.05) is 43.9 Å². The highest BCUT2D eigenvalue weighted by molar-refractivity contribution is 7.92. The van der Waals surface area contributed by atoms with Gasteiger partial charge in [0.05, 0.1) is 10.6 Å². The van der Waals surface area contributed by atoms with Crippen molar-refractivity contribution in [2.24, 2.45) is 5.92 Å². The summed E-state index contributed by atoms with van der Waals surface area (Å²) in [6, 6.07) is 8.63. The molecule has 1 aliphatic carbocycles. The predicted molar refractivity (Wildman–Crippen MR) is 124 cm³/mol. The average Bonchev–Trinajstić information content (AvgIpc) is 3.48. The molecule has 1 unspecified atom stereocenters. The molecule has 11 heteroatoms. The van der Waals surface area contributed by atoms with Gasteiger partial charge < -0.3 is 5.32 Å². The summed E-state index contributed by atoms with van der Waals surface area (Å²) >= 11 is 0. The lowest BCUT2D eigenvalue weighted by atomic mass is 9.98. The first-order valence-electron chi connectivity index (χ1n) is 11.3. The van der Waals surface area contributed by atoms with Gasteiger partial charge in [-0.05, 0) is 60.4 Å². The standard InChI is InChI=1S/C23H28F2N6O2S/c1-15(11-17-7-3-4-8-17)27-16(2)19-9-5-6-10-22(19)28-34(32,33)18-12-20(24)23(21(25)13-18)31-14-26-29-30-31/h5-6,9-10,12-17,27-28H,3-4,7-8,11H2,1-2H3/t15-,16?/m0/s1. The number of tetrazole rings is 1. The van der Waals surface area contributed by atoms with E-state index >= 15 is 0 Å². The van der Waals surface area contributed by atoms with Crippen LogP contribution in [0.25, 0.3) is 5.69 Å². The topological polar surface area (TPSA) is 102 Å². The molecule has 2 N–H and O–H groups in total. The maximum absolute atomic E-state index is 14.6. The van der Waals surface area contributed by atoms with Gasteiger partial charge in [-0.15, -0.1) is 5.10 Å². The second-order valence-electron chi connectivity index (χ2n) is 8.86. The molecule has 0 spiro atoms.